The summed E-state index contributed by atoms with van der Waals surface area (Å²) in [4.78, 5) is 0. The predicted molar refractivity (Wildman–Crippen MR) is 82.7 cm³/mol. The van der Waals surface area contributed by atoms with E-state index in [0.29, 0.717) is 17.8 Å². The molecule has 0 atom stereocenters. The fourth-order valence-corrected chi connectivity index (χ4v) is 2.39. The van der Waals surface area contributed by atoms with Crippen molar-refractivity contribution in [3.05, 3.63) is 63.4 Å². The van der Waals surface area contributed by atoms with E-state index in [1.807, 2.05) is 6.07 Å². The molecule has 4 nitrogen and oxygen atoms in total. The van der Waals surface area contributed by atoms with Gasteiger partial charge in [-0.05, 0) is 23.8 Å². The summed E-state index contributed by atoms with van der Waals surface area (Å²) in [5, 5.41) is 15.0. The standard InChI is InChI=1S/C14H12Cl2FN3O/c15-11-5-10(17)6-12(16)13(11)19-7-8-2-1-3-9(4-8)14(18)20-21/h1-6,19,21H,7H2,(H2,18,20). The second-order valence-electron chi connectivity index (χ2n) is 4.28. The van der Waals surface area contributed by atoms with E-state index in [1.165, 1.54) is 12.1 Å². The van der Waals surface area contributed by atoms with E-state index >= 15 is 0 Å². The monoisotopic (exact) mass is 327 g/mol. The topological polar surface area (TPSA) is 70.6 Å². The van der Waals surface area contributed by atoms with Crippen LogP contribution in [-0.4, -0.2) is 11.0 Å². The van der Waals surface area contributed by atoms with Crippen molar-refractivity contribution in [2.24, 2.45) is 10.9 Å². The van der Waals surface area contributed by atoms with Crippen molar-refractivity contribution in [1.29, 1.82) is 0 Å². The molecule has 110 valence electrons. The number of hydrogen-bond donors (Lipinski definition) is 3. The Hall–Kier alpha value is -1.98. The molecule has 0 aliphatic carbocycles. The first-order valence-corrected chi connectivity index (χ1v) is 6.72. The van der Waals surface area contributed by atoms with Crippen molar-refractivity contribution >= 4 is 34.7 Å². The van der Waals surface area contributed by atoms with Gasteiger partial charge < -0.3 is 16.3 Å². The first-order valence-electron chi connectivity index (χ1n) is 5.96. The molecule has 0 radical (unpaired) electrons. The van der Waals surface area contributed by atoms with Crippen molar-refractivity contribution in [3.63, 3.8) is 0 Å². The minimum absolute atomic E-state index is 0.0229. The van der Waals surface area contributed by atoms with Crippen LogP contribution in [0.15, 0.2) is 41.6 Å². The summed E-state index contributed by atoms with van der Waals surface area (Å²) in [6.07, 6.45) is 0. The van der Waals surface area contributed by atoms with E-state index < -0.39 is 5.82 Å². The van der Waals surface area contributed by atoms with Crippen molar-refractivity contribution in [2.75, 3.05) is 5.32 Å². The SMILES string of the molecule is N/C(=N/O)c1cccc(CNc2c(Cl)cc(F)cc2Cl)c1. The predicted octanol–water partition coefficient (Wildman–Crippen LogP) is 3.84. The lowest BCUT2D eigenvalue weighted by Gasteiger charge is -2.11. The van der Waals surface area contributed by atoms with Crippen molar-refractivity contribution < 1.29 is 9.60 Å². The molecule has 0 fully saturated rings. The highest BCUT2D eigenvalue weighted by Crippen LogP contribution is 2.31. The number of halogens is 3. The summed E-state index contributed by atoms with van der Waals surface area (Å²) in [6, 6.07) is 9.47. The Balaban J connectivity index is 2.17. The minimum atomic E-state index is -0.496. The van der Waals surface area contributed by atoms with Gasteiger partial charge in [0.2, 0.25) is 0 Å². The molecule has 2 aromatic rings. The Bertz CT molecular complexity index is 669. The molecule has 21 heavy (non-hydrogen) atoms. The van der Waals surface area contributed by atoms with Crippen LogP contribution in [0, 0.1) is 5.82 Å². The molecule has 0 amide bonds. The van der Waals surface area contributed by atoms with Gasteiger partial charge in [-0.15, -0.1) is 0 Å². The van der Waals surface area contributed by atoms with Gasteiger partial charge in [-0.1, -0.05) is 46.6 Å². The van der Waals surface area contributed by atoms with Gasteiger partial charge in [0.05, 0.1) is 15.7 Å². The normalized spacial score (nSPS) is 11.5. The fraction of sp³-hybridized carbons (Fsp3) is 0.0714. The van der Waals surface area contributed by atoms with Gasteiger partial charge in [0.15, 0.2) is 5.84 Å². The van der Waals surface area contributed by atoms with Gasteiger partial charge in [0, 0.05) is 12.1 Å². The van der Waals surface area contributed by atoms with Gasteiger partial charge in [0.1, 0.15) is 5.82 Å². The molecule has 0 aromatic heterocycles. The van der Waals surface area contributed by atoms with Crippen LogP contribution < -0.4 is 11.1 Å². The molecule has 0 heterocycles. The first-order chi connectivity index (χ1) is 10.0. The number of benzene rings is 2. The highest BCUT2D eigenvalue weighted by molar-refractivity contribution is 6.39. The second-order valence-corrected chi connectivity index (χ2v) is 5.10. The number of amidine groups is 1. The third kappa shape index (κ3) is 3.77. The number of hydrogen-bond acceptors (Lipinski definition) is 3. The highest BCUT2D eigenvalue weighted by atomic mass is 35.5. The van der Waals surface area contributed by atoms with Crippen LogP contribution >= 0.6 is 23.2 Å². The summed E-state index contributed by atoms with van der Waals surface area (Å²) in [5.41, 5.74) is 7.45. The molecule has 0 saturated carbocycles. The maximum absolute atomic E-state index is 13.1. The Labute approximate surface area is 131 Å². The first kappa shape index (κ1) is 15.4. The average molecular weight is 328 g/mol. The largest absolute Gasteiger partial charge is 0.409 e. The summed E-state index contributed by atoms with van der Waals surface area (Å²) in [7, 11) is 0. The lowest BCUT2D eigenvalue weighted by molar-refractivity contribution is 0.318. The molecule has 0 aliphatic heterocycles. The van der Waals surface area contributed by atoms with Crippen LogP contribution in [0.4, 0.5) is 10.1 Å². The molecule has 0 saturated heterocycles. The molecular weight excluding hydrogens is 316 g/mol. The van der Waals surface area contributed by atoms with Crippen LogP contribution in [-0.2, 0) is 6.54 Å². The zero-order chi connectivity index (χ0) is 15.4. The number of nitrogens with zero attached hydrogens (tertiary/aromatic N) is 1. The molecule has 0 unspecified atom stereocenters. The minimum Gasteiger partial charge on any atom is -0.409 e. The third-order valence-corrected chi connectivity index (χ3v) is 3.40. The van der Waals surface area contributed by atoms with Crippen LogP contribution in [0.25, 0.3) is 0 Å². The number of nitrogens with two attached hydrogens (primary N) is 1. The summed E-state index contributed by atoms with van der Waals surface area (Å²) in [6.45, 7) is 0.400. The lowest BCUT2D eigenvalue weighted by Crippen LogP contribution is -2.13. The quantitative estimate of drug-likeness (QED) is 0.346. The number of rotatable bonds is 4. The Morgan fingerprint density at radius 3 is 2.52 bits per heavy atom. The molecule has 0 aliphatic rings. The molecular formula is C14H12Cl2FN3O. The highest BCUT2D eigenvalue weighted by Gasteiger charge is 2.08. The van der Waals surface area contributed by atoms with E-state index in [4.69, 9.17) is 34.1 Å². The van der Waals surface area contributed by atoms with Gasteiger partial charge >= 0.3 is 0 Å². The van der Waals surface area contributed by atoms with E-state index in [0.717, 1.165) is 5.56 Å². The zero-order valence-corrected chi connectivity index (χ0v) is 12.3. The summed E-state index contributed by atoms with van der Waals surface area (Å²) < 4.78 is 13.1. The smallest absolute Gasteiger partial charge is 0.170 e. The lowest BCUT2D eigenvalue weighted by atomic mass is 10.1. The van der Waals surface area contributed by atoms with E-state index in [2.05, 4.69) is 10.5 Å². The molecule has 4 N–H and O–H groups in total. The van der Waals surface area contributed by atoms with Crippen LogP contribution in [0.3, 0.4) is 0 Å². The maximum Gasteiger partial charge on any atom is 0.170 e. The molecule has 0 spiro atoms. The van der Waals surface area contributed by atoms with Gasteiger partial charge in [-0.2, -0.15) is 0 Å². The van der Waals surface area contributed by atoms with Crippen LogP contribution in [0.2, 0.25) is 10.0 Å². The molecule has 2 aromatic carbocycles. The third-order valence-electron chi connectivity index (χ3n) is 2.81. The van der Waals surface area contributed by atoms with E-state index in [1.54, 1.807) is 18.2 Å². The van der Waals surface area contributed by atoms with Gasteiger partial charge in [-0.3, -0.25) is 0 Å². The Morgan fingerprint density at radius 2 is 1.90 bits per heavy atom. The molecule has 7 heteroatoms. The van der Waals surface area contributed by atoms with Crippen molar-refractivity contribution in [3.8, 4) is 0 Å². The van der Waals surface area contributed by atoms with E-state index in [9.17, 15) is 4.39 Å². The van der Waals surface area contributed by atoms with Crippen molar-refractivity contribution in [1.82, 2.24) is 0 Å². The van der Waals surface area contributed by atoms with Crippen LogP contribution in [0.1, 0.15) is 11.1 Å². The van der Waals surface area contributed by atoms with Gasteiger partial charge in [-0.25, -0.2) is 4.39 Å². The summed E-state index contributed by atoms with van der Waals surface area (Å²) in [5.74, 6) is -0.473. The van der Waals surface area contributed by atoms with Gasteiger partial charge in [0.25, 0.3) is 0 Å². The van der Waals surface area contributed by atoms with Crippen molar-refractivity contribution in [2.45, 2.75) is 6.54 Å². The molecule has 0 bridgehead atoms. The Morgan fingerprint density at radius 1 is 1.24 bits per heavy atom. The second kappa shape index (κ2) is 6.65. The van der Waals surface area contributed by atoms with E-state index in [-0.39, 0.29) is 15.9 Å². The fourth-order valence-electron chi connectivity index (χ4n) is 1.80. The molecule has 2 rings (SSSR count). The number of anilines is 1. The Kier molecular flexibility index (Phi) is 4.88. The van der Waals surface area contributed by atoms with Crippen LogP contribution in [0.5, 0.6) is 0 Å². The zero-order valence-electron chi connectivity index (χ0n) is 10.8. The number of nitrogens with one attached hydrogen (secondary N) is 1. The summed E-state index contributed by atoms with van der Waals surface area (Å²) >= 11 is 11.9. The number of oxime groups is 1. The maximum atomic E-state index is 13.1. The average Bonchev–Trinajstić information content (AvgIpc) is 2.45.